The number of rotatable bonds is 10. The van der Waals surface area contributed by atoms with Crippen molar-refractivity contribution in [3.63, 3.8) is 0 Å². The third kappa shape index (κ3) is 7.38. The van der Waals surface area contributed by atoms with E-state index in [1.165, 1.54) is 0 Å². The first-order chi connectivity index (χ1) is 15.8. The number of ether oxygens (including phenoxy) is 1. The zero-order valence-electron chi connectivity index (χ0n) is 19.3. The molecule has 0 radical (unpaired) electrons. The summed E-state index contributed by atoms with van der Waals surface area (Å²) in [6, 6.07) is 12.6. The van der Waals surface area contributed by atoms with Gasteiger partial charge in [0.15, 0.2) is 0 Å². The quantitative estimate of drug-likeness (QED) is 0.419. The molecular formula is C26H32Cl2N2O3. The summed E-state index contributed by atoms with van der Waals surface area (Å²) in [5.41, 5.74) is 1.81. The molecule has 0 spiro atoms. The number of benzene rings is 2. The highest BCUT2D eigenvalue weighted by Gasteiger charge is 2.29. The molecule has 2 aromatic carbocycles. The van der Waals surface area contributed by atoms with Crippen molar-refractivity contribution in [1.29, 1.82) is 0 Å². The van der Waals surface area contributed by atoms with Crippen LogP contribution in [0.1, 0.15) is 56.6 Å². The van der Waals surface area contributed by atoms with Crippen molar-refractivity contribution in [2.75, 3.05) is 6.61 Å². The van der Waals surface area contributed by atoms with Gasteiger partial charge >= 0.3 is 0 Å². The normalized spacial score (nSPS) is 14.7. The molecule has 1 atom stereocenters. The number of amides is 2. The Kier molecular flexibility index (Phi) is 9.45. The summed E-state index contributed by atoms with van der Waals surface area (Å²) >= 11 is 12.7. The summed E-state index contributed by atoms with van der Waals surface area (Å²) in [5, 5.41) is 4.06. The first-order valence-corrected chi connectivity index (χ1v) is 12.3. The van der Waals surface area contributed by atoms with E-state index in [-0.39, 0.29) is 30.8 Å². The van der Waals surface area contributed by atoms with Crippen molar-refractivity contribution in [3.05, 3.63) is 63.6 Å². The molecule has 1 aliphatic carbocycles. The topological polar surface area (TPSA) is 58.6 Å². The van der Waals surface area contributed by atoms with Gasteiger partial charge in [-0.15, -0.1) is 0 Å². The molecule has 1 fully saturated rings. The Morgan fingerprint density at radius 3 is 2.36 bits per heavy atom. The molecule has 0 aliphatic heterocycles. The van der Waals surface area contributed by atoms with Crippen molar-refractivity contribution in [3.8, 4) is 5.75 Å². The van der Waals surface area contributed by atoms with Crippen LogP contribution in [0, 0.1) is 6.92 Å². The summed E-state index contributed by atoms with van der Waals surface area (Å²) in [7, 11) is 0. The predicted octanol–water partition coefficient (Wildman–Crippen LogP) is 5.94. The molecule has 5 nitrogen and oxygen atoms in total. The fraction of sp³-hybridized carbons (Fsp3) is 0.462. The molecule has 1 aliphatic rings. The zero-order chi connectivity index (χ0) is 23.8. The van der Waals surface area contributed by atoms with Crippen molar-refractivity contribution in [2.45, 2.75) is 71.0 Å². The van der Waals surface area contributed by atoms with E-state index < -0.39 is 6.04 Å². The molecule has 1 unspecified atom stereocenters. The van der Waals surface area contributed by atoms with E-state index in [2.05, 4.69) is 5.32 Å². The van der Waals surface area contributed by atoms with Gasteiger partial charge in [0.1, 0.15) is 11.8 Å². The second-order valence-electron chi connectivity index (χ2n) is 8.65. The van der Waals surface area contributed by atoms with Crippen LogP contribution in [0.5, 0.6) is 5.75 Å². The summed E-state index contributed by atoms with van der Waals surface area (Å²) in [6.45, 7) is 4.37. The van der Waals surface area contributed by atoms with Crippen LogP contribution in [0.25, 0.3) is 0 Å². The fourth-order valence-corrected chi connectivity index (χ4v) is 4.54. The molecule has 2 amide bonds. The fourth-order valence-electron chi connectivity index (χ4n) is 4.02. The molecule has 0 aromatic heterocycles. The first-order valence-electron chi connectivity index (χ1n) is 11.6. The van der Waals surface area contributed by atoms with Crippen LogP contribution >= 0.6 is 23.2 Å². The number of nitrogens with zero attached hydrogens (tertiary/aromatic N) is 1. The Bertz CT molecular complexity index is 923. The van der Waals surface area contributed by atoms with E-state index in [0.717, 1.165) is 37.0 Å². The molecule has 33 heavy (non-hydrogen) atoms. The van der Waals surface area contributed by atoms with E-state index in [4.69, 9.17) is 27.9 Å². The lowest BCUT2D eigenvalue weighted by Gasteiger charge is -2.30. The van der Waals surface area contributed by atoms with Crippen LogP contribution in [-0.4, -0.2) is 35.4 Å². The van der Waals surface area contributed by atoms with Gasteiger partial charge in [-0.3, -0.25) is 9.59 Å². The monoisotopic (exact) mass is 490 g/mol. The van der Waals surface area contributed by atoms with Crippen molar-refractivity contribution < 1.29 is 14.3 Å². The molecule has 1 N–H and O–H groups in total. The van der Waals surface area contributed by atoms with Gasteiger partial charge < -0.3 is 15.0 Å². The highest BCUT2D eigenvalue weighted by Crippen LogP contribution is 2.27. The molecule has 1 saturated carbocycles. The number of nitrogens with one attached hydrogen (secondary N) is 1. The van der Waals surface area contributed by atoms with E-state index in [0.29, 0.717) is 28.6 Å². The Balaban J connectivity index is 1.64. The van der Waals surface area contributed by atoms with Gasteiger partial charge in [-0.25, -0.2) is 0 Å². The molecule has 0 bridgehead atoms. The number of carbonyl (C=O) groups is 2. The maximum atomic E-state index is 13.2. The van der Waals surface area contributed by atoms with Crippen LogP contribution in [0.2, 0.25) is 10.0 Å². The zero-order valence-corrected chi connectivity index (χ0v) is 20.8. The maximum absolute atomic E-state index is 13.2. The maximum Gasteiger partial charge on any atom is 0.242 e. The van der Waals surface area contributed by atoms with Crippen LogP contribution in [0.4, 0.5) is 0 Å². The van der Waals surface area contributed by atoms with E-state index in [9.17, 15) is 9.59 Å². The summed E-state index contributed by atoms with van der Waals surface area (Å²) in [4.78, 5) is 27.7. The van der Waals surface area contributed by atoms with Crippen molar-refractivity contribution >= 4 is 35.0 Å². The number of aryl methyl sites for hydroxylation is 1. The number of carbonyl (C=O) groups excluding carboxylic acids is 2. The lowest BCUT2D eigenvalue weighted by atomic mass is 10.1. The van der Waals surface area contributed by atoms with Crippen LogP contribution in [0.3, 0.4) is 0 Å². The van der Waals surface area contributed by atoms with Gasteiger partial charge in [-0.1, -0.05) is 59.8 Å². The third-order valence-corrected chi connectivity index (χ3v) is 6.79. The number of halogens is 2. The highest BCUT2D eigenvalue weighted by atomic mass is 35.5. The van der Waals surface area contributed by atoms with Gasteiger partial charge in [0.05, 0.1) is 6.61 Å². The SMILES string of the molecule is Cc1ccc(OCCCC(=O)N(Cc2c(Cl)cccc2Cl)C(C)C(=O)NC2CCCC2)cc1. The second kappa shape index (κ2) is 12.3. The lowest BCUT2D eigenvalue weighted by Crippen LogP contribution is -2.49. The van der Waals surface area contributed by atoms with Gasteiger partial charge in [0, 0.05) is 34.6 Å². The summed E-state index contributed by atoms with van der Waals surface area (Å²) in [5.74, 6) is 0.499. The predicted molar refractivity (Wildman–Crippen MR) is 133 cm³/mol. The molecule has 2 aromatic rings. The van der Waals surface area contributed by atoms with Gasteiger partial charge in [-0.2, -0.15) is 0 Å². The van der Waals surface area contributed by atoms with E-state index in [1.807, 2.05) is 31.2 Å². The van der Waals surface area contributed by atoms with Crippen LogP contribution in [-0.2, 0) is 16.1 Å². The Morgan fingerprint density at radius 1 is 1.09 bits per heavy atom. The van der Waals surface area contributed by atoms with Gasteiger partial charge in [-0.05, 0) is 57.4 Å². The smallest absolute Gasteiger partial charge is 0.242 e. The lowest BCUT2D eigenvalue weighted by molar-refractivity contribution is -0.141. The largest absolute Gasteiger partial charge is 0.494 e. The Morgan fingerprint density at radius 2 is 1.73 bits per heavy atom. The average molecular weight is 491 g/mol. The van der Waals surface area contributed by atoms with Crippen molar-refractivity contribution in [1.82, 2.24) is 10.2 Å². The van der Waals surface area contributed by atoms with Gasteiger partial charge in [0.25, 0.3) is 0 Å². The average Bonchev–Trinajstić information content (AvgIpc) is 3.30. The van der Waals surface area contributed by atoms with E-state index in [1.54, 1.807) is 30.0 Å². The first kappa shape index (κ1) is 25.4. The third-order valence-electron chi connectivity index (χ3n) is 6.08. The molecule has 178 valence electrons. The molecule has 7 heteroatoms. The second-order valence-corrected chi connectivity index (χ2v) is 9.47. The summed E-state index contributed by atoms with van der Waals surface area (Å²) < 4.78 is 5.75. The van der Waals surface area contributed by atoms with Crippen LogP contribution in [0.15, 0.2) is 42.5 Å². The number of hydrogen-bond acceptors (Lipinski definition) is 3. The molecular weight excluding hydrogens is 459 g/mol. The number of hydrogen-bond donors (Lipinski definition) is 1. The minimum Gasteiger partial charge on any atom is -0.494 e. The molecule has 3 rings (SSSR count). The summed E-state index contributed by atoms with van der Waals surface area (Å²) in [6.07, 6.45) is 5.01. The minimum absolute atomic E-state index is 0.132. The van der Waals surface area contributed by atoms with Crippen molar-refractivity contribution in [2.24, 2.45) is 0 Å². The minimum atomic E-state index is -0.636. The highest BCUT2D eigenvalue weighted by molar-refractivity contribution is 6.36. The standard InChI is InChI=1S/C26H32Cl2N2O3/c1-18-12-14-21(15-13-18)33-16-6-11-25(31)30(17-22-23(27)9-5-10-24(22)28)19(2)26(32)29-20-7-3-4-8-20/h5,9-10,12-15,19-20H,3-4,6-8,11,16-17H2,1-2H3,(H,29,32). The molecule has 0 saturated heterocycles. The Hall–Kier alpha value is -2.24. The van der Waals surface area contributed by atoms with Crippen LogP contribution < -0.4 is 10.1 Å². The molecule has 0 heterocycles. The Labute approximate surface area is 206 Å². The van der Waals surface area contributed by atoms with E-state index >= 15 is 0 Å². The van der Waals surface area contributed by atoms with Gasteiger partial charge in [0.2, 0.25) is 11.8 Å².